The van der Waals surface area contributed by atoms with Crippen LogP contribution in [0.4, 0.5) is 18.9 Å². The van der Waals surface area contributed by atoms with E-state index in [4.69, 9.17) is 9.47 Å². The van der Waals surface area contributed by atoms with Crippen molar-refractivity contribution in [1.29, 1.82) is 0 Å². The fraction of sp³-hybridized carbons (Fsp3) is 0.304. The number of alkyl halides is 3. The predicted octanol–water partition coefficient (Wildman–Crippen LogP) is 3.73. The highest BCUT2D eigenvalue weighted by atomic mass is 19.4. The molecular weight excluding hydrogens is 437 g/mol. The summed E-state index contributed by atoms with van der Waals surface area (Å²) in [5, 5.41) is 10.2. The minimum absolute atomic E-state index is 0.0541. The summed E-state index contributed by atoms with van der Waals surface area (Å²) >= 11 is 0. The van der Waals surface area contributed by atoms with Gasteiger partial charge in [0.25, 0.3) is 5.91 Å². The Morgan fingerprint density at radius 3 is 2.82 bits per heavy atom. The third-order valence-electron chi connectivity index (χ3n) is 5.22. The molecular formula is C23H23F3N4O3. The number of nitrogens with zero attached hydrogens (tertiary/aromatic N) is 2. The molecule has 1 atom stereocenters. The van der Waals surface area contributed by atoms with Crippen LogP contribution in [0.1, 0.15) is 15.9 Å². The number of halogens is 3. The highest BCUT2D eigenvalue weighted by Crippen LogP contribution is 2.33. The standard InChI is InChI=1S/C23H23F3N4O3/c1-30-20(7-8-28-30)19-12-17(5-6-21(19)33-14-18-13-32-10-9-27-18)29-22(31)15-3-2-4-16(11-15)23(24,25)26/h2-8,11-12,18,27H,9-10,13-14H2,1H3,(H,29,31)/t18-/m1/s1. The van der Waals surface area contributed by atoms with Crippen LogP contribution in [0.5, 0.6) is 5.75 Å². The Kier molecular flexibility index (Phi) is 6.66. The van der Waals surface area contributed by atoms with E-state index >= 15 is 0 Å². The fourth-order valence-corrected chi connectivity index (χ4v) is 3.53. The Balaban J connectivity index is 1.56. The van der Waals surface area contributed by atoms with Crippen molar-refractivity contribution in [3.05, 3.63) is 65.9 Å². The number of nitrogens with one attached hydrogen (secondary N) is 2. The molecule has 3 aromatic rings. The molecule has 33 heavy (non-hydrogen) atoms. The first kappa shape index (κ1) is 22.8. The minimum atomic E-state index is -4.53. The van der Waals surface area contributed by atoms with Crippen molar-refractivity contribution in [2.75, 3.05) is 31.7 Å². The van der Waals surface area contributed by atoms with Crippen LogP contribution in [0.2, 0.25) is 0 Å². The maximum Gasteiger partial charge on any atom is 0.416 e. The van der Waals surface area contributed by atoms with Gasteiger partial charge in [0.15, 0.2) is 0 Å². The third kappa shape index (κ3) is 5.52. The van der Waals surface area contributed by atoms with Crippen molar-refractivity contribution in [3.63, 3.8) is 0 Å². The highest BCUT2D eigenvalue weighted by molar-refractivity contribution is 6.04. The van der Waals surface area contributed by atoms with Gasteiger partial charge in [-0.25, -0.2) is 0 Å². The number of amides is 1. The van der Waals surface area contributed by atoms with Gasteiger partial charge in [-0.2, -0.15) is 18.3 Å². The summed E-state index contributed by atoms with van der Waals surface area (Å²) in [5.74, 6) is -0.0580. The number of carbonyl (C=O) groups is 1. The second-order valence-corrected chi connectivity index (χ2v) is 7.62. The summed E-state index contributed by atoms with van der Waals surface area (Å²) in [6.45, 7) is 2.35. The molecule has 174 valence electrons. The summed E-state index contributed by atoms with van der Waals surface area (Å²) in [4.78, 5) is 12.6. The molecule has 0 unspecified atom stereocenters. The number of rotatable bonds is 6. The molecule has 2 heterocycles. The van der Waals surface area contributed by atoms with Crippen molar-refractivity contribution in [3.8, 4) is 17.0 Å². The zero-order chi connectivity index (χ0) is 23.4. The fourth-order valence-electron chi connectivity index (χ4n) is 3.53. The Morgan fingerprint density at radius 2 is 2.12 bits per heavy atom. The summed E-state index contributed by atoms with van der Waals surface area (Å²) in [6, 6.07) is 11.2. The topological polar surface area (TPSA) is 77.4 Å². The Bertz CT molecular complexity index is 1120. The Hall–Kier alpha value is -3.37. The van der Waals surface area contributed by atoms with Gasteiger partial charge in [0.2, 0.25) is 0 Å². The van der Waals surface area contributed by atoms with Gasteiger partial charge in [0, 0.05) is 36.6 Å². The van der Waals surface area contributed by atoms with Gasteiger partial charge in [-0.3, -0.25) is 9.48 Å². The predicted molar refractivity (Wildman–Crippen MR) is 116 cm³/mol. The Morgan fingerprint density at radius 1 is 1.27 bits per heavy atom. The van der Waals surface area contributed by atoms with E-state index in [-0.39, 0.29) is 11.6 Å². The van der Waals surface area contributed by atoms with Gasteiger partial charge in [-0.1, -0.05) is 6.07 Å². The van der Waals surface area contributed by atoms with E-state index in [1.807, 2.05) is 6.07 Å². The van der Waals surface area contributed by atoms with Gasteiger partial charge >= 0.3 is 6.18 Å². The highest BCUT2D eigenvalue weighted by Gasteiger charge is 2.31. The normalized spacial score (nSPS) is 16.4. The molecule has 1 aliphatic heterocycles. The van der Waals surface area contributed by atoms with Crippen LogP contribution in [-0.4, -0.2) is 48.1 Å². The van der Waals surface area contributed by atoms with E-state index in [9.17, 15) is 18.0 Å². The molecule has 0 bridgehead atoms. The molecule has 1 aliphatic rings. The minimum Gasteiger partial charge on any atom is -0.491 e. The zero-order valence-corrected chi connectivity index (χ0v) is 17.9. The SMILES string of the molecule is Cn1nccc1-c1cc(NC(=O)c2cccc(C(F)(F)F)c2)ccc1OC[C@H]1COCCN1. The zero-order valence-electron chi connectivity index (χ0n) is 17.9. The molecule has 1 amide bonds. The molecule has 2 N–H and O–H groups in total. The molecule has 4 rings (SSSR count). The first-order chi connectivity index (χ1) is 15.8. The molecule has 7 nitrogen and oxygen atoms in total. The van der Waals surface area contributed by atoms with Gasteiger partial charge in [0.1, 0.15) is 12.4 Å². The van der Waals surface area contributed by atoms with Gasteiger partial charge < -0.3 is 20.1 Å². The number of hydrogen-bond donors (Lipinski definition) is 2. The van der Waals surface area contributed by atoms with Crippen molar-refractivity contribution in [2.24, 2.45) is 7.05 Å². The van der Waals surface area contributed by atoms with Crippen molar-refractivity contribution in [2.45, 2.75) is 12.2 Å². The van der Waals surface area contributed by atoms with Crippen LogP contribution < -0.4 is 15.4 Å². The summed E-state index contributed by atoms with van der Waals surface area (Å²) in [5.41, 5.74) is 0.895. The molecule has 1 fully saturated rings. The molecule has 0 radical (unpaired) electrons. The summed E-state index contributed by atoms with van der Waals surface area (Å²) < 4.78 is 52.1. The maximum absolute atomic E-state index is 13.0. The first-order valence-electron chi connectivity index (χ1n) is 10.4. The molecule has 1 saturated heterocycles. The second-order valence-electron chi connectivity index (χ2n) is 7.62. The van der Waals surface area contributed by atoms with Gasteiger partial charge in [-0.05, 0) is 42.5 Å². The average Bonchev–Trinajstić information content (AvgIpc) is 3.24. The van der Waals surface area contributed by atoms with Crippen molar-refractivity contribution >= 4 is 11.6 Å². The van der Waals surface area contributed by atoms with Gasteiger partial charge in [0.05, 0.1) is 30.5 Å². The van der Waals surface area contributed by atoms with Crippen molar-refractivity contribution in [1.82, 2.24) is 15.1 Å². The number of ether oxygens (including phenoxy) is 2. The van der Waals surface area contributed by atoms with Crippen LogP contribution in [0.15, 0.2) is 54.7 Å². The molecule has 10 heteroatoms. The number of aryl methyl sites for hydroxylation is 1. The first-order valence-corrected chi connectivity index (χ1v) is 10.4. The van der Waals surface area contributed by atoms with Crippen LogP contribution in [-0.2, 0) is 18.0 Å². The molecule has 2 aromatic carbocycles. The van der Waals surface area contributed by atoms with Gasteiger partial charge in [-0.15, -0.1) is 0 Å². The lowest BCUT2D eigenvalue weighted by Crippen LogP contribution is -2.44. The van der Waals surface area contributed by atoms with Crippen LogP contribution >= 0.6 is 0 Å². The number of aromatic nitrogens is 2. The smallest absolute Gasteiger partial charge is 0.416 e. The molecule has 0 aliphatic carbocycles. The van der Waals surface area contributed by atoms with E-state index in [1.54, 1.807) is 36.1 Å². The average molecular weight is 460 g/mol. The van der Waals surface area contributed by atoms with E-state index in [2.05, 4.69) is 15.7 Å². The van der Waals surface area contributed by atoms with E-state index in [1.165, 1.54) is 12.1 Å². The third-order valence-corrected chi connectivity index (χ3v) is 5.22. The van der Waals surface area contributed by atoms with Crippen LogP contribution in [0.3, 0.4) is 0 Å². The number of hydrogen-bond acceptors (Lipinski definition) is 5. The summed E-state index contributed by atoms with van der Waals surface area (Å²) in [6.07, 6.45) is -2.89. The largest absolute Gasteiger partial charge is 0.491 e. The van der Waals surface area contributed by atoms with E-state index in [0.29, 0.717) is 36.8 Å². The summed E-state index contributed by atoms with van der Waals surface area (Å²) in [7, 11) is 1.78. The number of anilines is 1. The monoisotopic (exact) mass is 460 g/mol. The lowest BCUT2D eigenvalue weighted by atomic mass is 10.1. The van der Waals surface area contributed by atoms with Crippen LogP contribution in [0, 0.1) is 0 Å². The maximum atomic E-state index is 13.0. The quantitative estimate of drug-likeness (QED) is 0.586. The van der Waals surface area contributed by atoms with Crippen molar-refractivity contribution < 1.29 is 27.4 Å². The number of carbonyl (C=O) groups excluding carboxylic acids is 1. The lowest BCUT2D eigenvalue weighted by molar-refractivity contribution is -0.137. The molecule has 0 saturated carbocycles. The number of morpholine rings is 1. The van der Waals surface area contributed by atoms with E-state index < -0.39 is 17.6 Å². The Labute approximate surface area is 188 Å². The molecule has 1 aromatic heterocycles. The number of benzene rings is 2. The molecule has 0 spiro atoms. The lowest BCUT2D eigenvalue weighted by Gasteiger charge is -2.24. The second kappa shape index (κ2) is 9.63. The van der Waals surface area contributed by atoms with E-state index in [0.717, 1.165) is 24.4 Å². The van der Waals surface area contributed by atoms with Crippen LogP contribution in [0.25, 0.3) is 11.3 Å².